The van der Waals surface area contributed by atoms with E-state index in [9.17, 15) is 4.79 Å². The zero-order valence-corrected chi connectivity index (χ0v) is 18.4. The molecule has 0 saturated carbocycles. The molecule has 2 aromatic heterocycles. The topological polar surface area (TPSA) is 64.7 Å². The number of rotatable bonds is 6. The van der Waals surface area contributed by atoms with Crippen LogP contribution in [0.15, 0.2) is 71.5 Å². The number of hydrogen-bond donors (Lipinski definition) is 1. The Morgan fingerprint density at radius 2 is 1.67 bits per heavy atom. The van der Waals surface area contributed by atoms with Crippen LogP contribution in [0.5, 0.6) is 0 Å². The Balaban J connectivity index is 1.37. The van der Waals surface area contributed by atoms with E-state index >= 15 is 0 Å². The van der Waals surface area contributed by atoms with Gasteiger partial charge in [-0.05, 0) is 55.3 Å². The molecule has 7 heteroatoms. The van der Waals surface area contributed by atoms with Crippen LogP contribution in [0.2, 0.25) is 0 Å². The second kappa shape index (κ2) is 8.67. The zero-order chi connectivity index (χ0) is 21.1. The van der Waals surface area contributed by atoms with Gasteiger partial charge in [-0.2, -0.15) is 10.2 Å². The van der Waals surface area contributed by atoms with E-state index in [2.05, 4.69) is 37.5 Å². The lowest BCUT2D eigenvalue weighted by molar-refractivity contribution is 0.102. The Morgan fingerprint density at radius 1 is 1.00 bits per heavy atom. The lowest BCUT2D eigenvalue weighted by Crippen LogP contribution is -2.12. The van der Waals surface area contributed by atoms with Gasteiger partial charge in [-0.25, -0.2) is 0 Å². The fourth-order valence-corrected chi connectivity index (χ4v) is 3.53. The molecule has 2 heterocycles. The molecule has 0 bridgehead atoms. The van der Waals surface area contributed by atoms with Crippen LogP contribution in [0.25, 0.3) is 0 Å². The Bertz CT molecular complexity index is 1160. The molecule has 30 heavy (non-hydrogen) atoms. The molecule has 1 amide bonds. The minimum Gasteiger partial charge on any atom is -0.319 e. The summed E-state index contributed by atoms with van der Waals surface area (Å²) >= 11 is 3.43. The van der Waals surface area contributed by atoms with Gasteiger partial charge in [0.25, 0.3) is 5.91 Å². The van der Waals surface area contributed by atoms with Crippen molar-refractivity contribution in [1.82, 2.24) is 19.6 Å². The molecule has 0 radical (unpaired) electrons. The quantitative estimate of drug-likeness (QED) is 0.446. The van der Waals surface area contributed by atoms with Gasteiger partial charge in [-0.3, -0.25) is 14.2 Å². The first-order valence-electron chi connectivity index (χ1n) is 9.64. The summed E-state index contributed by atoms with van der Waals surface area (Å²) < 4.78 is 4.81. The van der Waals surface area contributed by atoms with Crippen molar-refractivity contribution in [1.29, 1.82) is 0 Å². The van der Waals surface area contributed by atoms with Crippen LogP contribution in [-0.2, 0) is 13.1 Å². The van der Waals surface area contributed by atoms with E-state index in [-0.39, 0.29) is 5.91 Å². The minimum atomic E-state index is -0.157. The average molecular weight is 464 g/mol. The number of carbonyl (C=O) groups is 1. The highest BCUT2D eigenvalue weighted by Crippen LogP contribution is 2.14. The SMILES string of the molecule is Cc1cc(C)n(Cc2ccc(C(=O)Nc3cnn(Cc4ccc(Br)cc4)c3)cc2)n1. The van der Waals surface area contributed by atoms with Crippen LogP contribution >= 0.6 is 15.9 Å². The molecule has 6 nitrogen and oxygen atoms in total. The Labute approximate surface area is 183 Å². The maximum Gasteiger partial charge on any atom is 0.255 e. The summed E-state index contributed by atoms with van der Waals surface area (Å²) in [5.74, 6) is -0.157. The van der Waals surface area contributed by atoms with Crippen molar-refractivity contribution in [3.05, 3.63) is 99.5 Å². The predicted octanol–water partition coefficient (Wildman–Crippen LogP) is 4.81. The van der Waals surface area contributed by atoms with Gasteiger partial charge in [-0.1, -0.05) is 40.2 Å². The molecular formula is C23H22BrN5O. The molecular weight excluding hydrogens is 442 g/mol. The van der Waals surface area contributed by atoms with Crippen molar-refractivity contribution >= 4 is 27.5 Å². The summed E-state index contributed by atoms with van der Waals surface area (Å²) in [6, 6.07) is 17.7. The third-order valence-corrected chi connectivity index (χ3v) is 5.33. The van der Waals surface area contributed by atoms with E-state index in [1.165, 1.54) is 0 Å². The number of hydrogen-bond acceptors (Lipinski definition) is 3. The van der Waals surface area contributed by atoms with E-state index < -0.39 is 0 Å². The summed E-state index contributed by atoms with van der Waals surface area (Å²) in [7, 11) is 0. The molecule has 0 aliphatic heterocycles. The smallest absolute Gasteiger partial charge is 0.255 e. The molecule has 0 aliphatic rings. The number of benzene rings is 2. The number of aryl methyl sites for hydroxylation is 2. The monoisotopic (exact) mass is 463 g/mol. The molecule has 0 atom stereocenters. The molecule has 0 fully saturated rings. The maximum absolute atomic E-state index is 12.6. The second-order valence-electron chi connectivity index (χ2n) is 7.29. The van der Waals surface area contributed by atoms with Crippen LogP contribution in [0.4, 0.5) is 5.69 Å². The third kappa shape index (κ3) is 4.86. The summed E-state index contributed by atoms with van der Waals surface area (Å²) in [5, 5.41) is 11.7. The standard InChI is InChI=1S/C23H22BrN5O/c1-16-11-17(2)29(27-16)14-19-3-7-20(8-4-19)23(30)26-22-12-25-28(15-22)13-18-5-9-21(24)10-6-18/h3-12,15H,13-14H2,1-2H3,(H,26,30). The van der Waals surface area contributed by atoms with E-state index in [0.29, 0.717) is 24.3 Å². The number of anilines is 1. The first-order chi connectivity index (χ1) is 14.5. The molecule has 4 aromatic rings. The van der Waals surface area contributed by atoms with Crippen LogP contribution < -0.4 is 5.32 Å². The van der Waals surface area contributed by atoms with Gasteiger partial charge in [0.05, 0.1) is 30.7 Å². The fraction of sp³-hybridized carbons (Fsp3) is 0.174. The molecule has 0 saturated heterocycles. The van der Waals surface area contributed by atoms with Gasteiger partial charge in [0.1, 0.15) is 0 Å². The van der Waals surface area contributed by atoms with Gasteiger partial charge < -0.3 is 5.32 Å². The lowest BCUT2D eigenvalue weighted by Gasteiger charge is -2.07. The Morgan fingerprint density at radius 3 is 2.33 bits per heavy atom. The first-order valence-corrected chi connectivity index (χ1v) is 10.4. The van der Waals surface area contributed by atoms with E-state index in [4.69, 9.17) is 0 Å². The van der Waals surface area contributed by atoms with Crippen molar-refractivity contribution in [2.75, 3.05) is 5.32 Å². The average Bonchev–Trinajstić information content (AvgIpc) is 3.29. The Hall–Kier alpha value is -3.19. The van der Waals surface area contributed by atoms with E-state index in [0.717, 1.165) is 27.0 Å². The summed E-state index contributed by atoms with van der Waals surface area (Å²) in [5.41, 5.74) is 5.63. The van der Waals surface area contributed by atoms with Crippen molar-refractivity contribution in [3.63, 3.8) is 0 Å². The predicted molar refractivity (Wildman–Crippen MR) is 121 cm³/mol. The van der Waals surface area contributed by atoms with Crippen molar-refractivity contribution in [2.24, 2.45) is 0 Å². The molecule has 0 unspecified atom stereocenters. The van der Waals surface area contributed by atoms with Gasteiger partial charge in [-0.15, -0.1) is 0 Å². The highest BCUT2D eigenvalue weighted by atomic mass is 79.9. The fourth-order valence-electron chi connectivity index (χ4n) is 3.26. The van der Waals surface area contributed by atoms with E-state index in [1.807, 2.05) is 73.3 Å². The summed E-state index contributed by atoms with van der Waals surface area (Å²) in [4.78, 5) is 12.6. The number of carbonyl (C=O) groups excluding carboxylic acids is 1. The minimum absolute atomic E-state index is 0.157. The highest BCUT2D eigenvalue weighted by Gasteiger charge is 2.09. The van der Waals surface area contributed by atoms with Crippen LogP contribution in [0.3, 0.4) is 0 Å². The van der Waals surface area contributed by atoms with Crippen molar-refractivity contribution in [3.8, 4) is 0 Å². The number of amides is 1. The molecule has 0 spiro atoms. The number of halogens is 1. The Kier molecular flexibility index (Phi) is 5.81. The summed E-state index contributed by atoms with van der Waals surface area (Å²) in [6.45, 7) is 5.35. The maximum atomic E-state index is 12.6. The van der Waals surface area contributed by atoms with Gasteiger partial charge in [0, 0.05) is 21.9 Å². The van der Waals surface area contributed by atoms with Crippen LogP contribution in [0, 0.1) is 13.8 Å². The molecule has 152 valence electrons. The van der Waals surface area contributed by atoms with Crippen molar-refractivity contribution < 1.29 is 4.79 Å². The van der Waals surface area contributed by atoms with Gasteiger partial charge >= 0.3 is 0 Å². The zero-order valence-electron chi connectivity index (χ0n) is 16.8. The van der Waals surface area contributed by atoms with E-state index in [1.54, 1.807) is 10.9 Å². The number of nitrogens with zero attached hydrogens (tertiary/aromatic N) is 4. The molecule has 2 aromatic carbocycles. The molecule has 4 rings (SSSR count). The van der Waals surface area contributed by atoms with Gasteiger partial charge in [0.2, 0.25) is 0 Å². The second-order valence-corrected chi connectivity index (χ2v) is 8.20. The highest BCUT2D eigenvalue weighted by molar-refractivity contribution is 9.10. The number of nitrogens with one attached hydrogen (secondary N) is 1. The van der Waals surface area contributed by atoms with Crippen LogP contribution in [0.1, 0.15) is 32.9 Å². The summed E-state index contributed by atoms with van der Waals surface area (Å²) in [6.07, 6.45) is 3.49. The normalized spacial score (nSPS) is 10.9. The molecule has 0 aliphatic carbocycles. The largest absolute Gasteiger partial charge is 0.319 e. The lowest BCUT2D eigenvalue weighted by atomic mass is 10.1. The number of aromatic nitrogens is 4. The first kappa shape index (κ1) is 20.1. The van der Waals surface area contributed by atoms with Crippen LogP contribution in [-0.4, -0.2) is 25.5 Å². The van der Waals surface area contributed by atoms with Gasteiger partial charge in [0.15, 0.2) is 0 Å². The molecule has 1 N–H and O–H groups in total. The third-order valence-electron chi connectivity index (χ3n) is 4.80. The van der Waals surface area contributed by atoms with Crippen molar-refractivity contribution in [2.45, 2.75) is 26.9 Å².